The molecular weight excluding hydrogens is 1410 g/mol. The summed E-state index contributed by atoms with van der Waals surface area (Å²) in [6.45, 7) is 2.00. The maximum atomic E-state index is 12.8. The second-order valence-electron chi connectivity index (χ2n) is 18.3. The van der Waals surface area contributed by atoms with Gasteiger partial charge in [-0.3, -0.25) is 4.79 Å². The third-order valence-electron chi connectivity index (χ3n) is 13.4. The number of benzene rings is 5. The minimum atomic E-state index is -4.65. The van der Waals surface area contributed by atoms with Crippen LogP contribution in [0, 0.1) is 0 Å². The van der Waals surface area contributed by atoms with Crippen LogP contribution < -0.4 is 14.2 Å². The number of fused-ring (bicyclic) bond motifs is 5. The van der Waals surface area contributed by atoms with Crippen LogP contribution in [0.5, 0.6) is 28.7 Å². The summed E-state index contributed by atoms with van der Waals surface area (Å²) in [6, 6.07) is 23.2. The molecule has 0 saturated carbocycles. The first kappa shape index (κ1) is 82.4. The van der Waals surface area contributed by atoms with E-state index in [0.717, 1.165) is 42.6 Å². The minimum absolute atomic E-state index is 0. The lowest BCUT2D eigenvalue weighted by Gasteiger charge is -2.26. The van der Waals surface area contributed by atoms with Crippen molar-refractivity contribution in [1.82, 2.24) is 0 Å². The number of aliphatic hydroxyl groups is 1. The molecule has 0 amide bonds. The Morgan fingerprint density at radius 2 is 0.989 bits per heavy atom. The van der Waals surface area contributed by atoms with E-state index >= 15 is 0 Å². The maximum absolute atomic E-state index is 12.8. The number of carbonyl (C=O) groups is 1. The van der Waals surface area contributed by atoms with Crippen LogP contribution in [0.4, 0.5) is 52.7 Å². The lowest BCUT2D eigenvalue weighted by atomic mass is 9.95. The second kappa shape index (κ2) is 36.9. The van der Waals surface area contributed by atoms with Gasteiger partial charge in [0.05, 0.1) is 43.7 Å². The van der Waals surface area contributed by atoms with Gasteiger partial charge in [-0.05, 0) is 116 Å². The Morgan fingerprint density at radius 3 is 1.44 bits per heavy atom. The standard InChI is InChI=1S/C11H11F3O2.C11H9F3O.C10H9F3O.C10H7F3O.C10H10O2.C4H8O.CH2Cl2.4CH4.BBr3/c1-16-9-4-2-3-8-7(9)5-6-10(8,15)11(12,13)14;1-15-10-4-2-3-7-8(10)5-6-9(7)11(12,13)14;2*11-10(12,13)8-5-4-7-6(8)2-1-3-9(7)14;1-12-10-4-2-3-7-8(10)5-6-9(7)11;1-2-4-5-3-1;2-1-3;;;;;2-1(3)4/h2-4,15H,5-6H2,1H3;2-4,6H,5H2,1H3;1-3,8,14H,4-5H2;1-3,5,14H,4H2;2-4H,5-6H2,1H3;1-4H2;1H2;4*1H4;. The predicted molar refractivity (Wildman–Crippen MR) is 335 cm³/mol. The third-order valence-corrected chi connectivity index (χ3v) is 13.4. The Kier molecular flexibility index (Phi) is 35.0. The number of carbonyl (C=O) groups excluding carboxylic acids is 1. The van der Waals surface area contributed by atoms with E-state index < -0.39 is 47.4 Å². The number of phenolic OH excluding ortho intramolecular Hbond substituents is 2. The number of ketones is 1. The van der Waals surface area contributed by atoms with Gasteiger partial charge in [0.15, 0.2) is 11.4 Å². The van der Waals surface area contributed by atoms with Crippen molar-refractivity contribution < 1.29 is 91.7 Å². The molecule has 3 N–H and O–H groups in total. The zero-order chi connectivity index (χ0) is 62.1. The molecule has 2 atom stereocenters. The van der Waals surface area contributed by atoms with Crippen molar-refractivity contribution in [2.45, 2.75) is 130 Å². The van der Waals surface area contributed by atoms with Crippen LogP contribution >= 0.6 is 70.5 Å². The van der Waals surface area contributed by atoms with E-state index in [-0.39, 0.29) is 110 Å². The first-order valence-corrected chi connectivity index (χ1v) is 28.9. The zero-order valence-corrected chi connectivity index (χ0v) is 50.7. The Labute approximate surface area is 536 Å². The number of phenols is 2. The Bertz CT molecular complexity index is 2990. The number of Topliss-reactive ketones (excluding diaryl/α,β-unsaturated/α-hetero) is 1. The van der Waals surface area contributed by atoms with Gasteiger partial charge in [0, 0.05) is 47.5 Å². The summed E-state index contributed by atoms with van der Waals surface area (Å²) >= 11 is 18.8. The van der Waals surface area contributed by atoms with Crippen LogP contribution in [0.2, 0.25) is 0 Å². The summed E-state index contributed by atoms with van der Waals surface area (Å²) in [7, 11) is 4.50. The van der Waals surface area contributed by atoms with E-state index in [4.69, 9.17) is 42.1 Å². The van der Waals surface area contributed by atoms with Crippen molar-refractivity contribution in [3.8, 4) is 28.7 Å². The normalized spacial score (nSPS) is 16.7. The number of halogens is 17. The molecule has 5 aliphatic carbocycles. The van der Waals surface area contributed by atoms with E-state index in [1.54, 1.807) is 25.3 Å². The minimum Gasteiger partial charge on any atom is -0.508 e. The number of allylic oxidation sites excluding steroid dienone is 4. The van der Waals surface area contributed by atoms with Crippen LogP contribution in [-0.4, -0.2) is 88.9 Å². The van der Waals surface area contributed by atoms with Crippen molar-refractivity contribution in [3.05, 3.63) is 159 Å². The van der Waals surface area contributed by atoms with Crippen LogP contribution in [-0.2, 0) is 42.4 Å². The molecule has 0 radical (unpaired) electrons. The highest BCUT2D eigenvalue weighted by molar-refractivity contribution is 9.69. The predicted octanol–water partition coefficient (Wildman–Crippen LogP) is 20.2. The highest BCUT2D eigenvalue weighted by atomic mass is 79.9. The number of ether oxygens (including phenoxy) is 4. The molecule has 8 nitrogen and oxygen atoms in total. The fourth-order valence-electron chi connectivity index (χ4n) is 9.70. The molecule has 1 aliphatic heterocycles. The molecule has 26 heteroatoms. The molecule has 11 rings (SSSR count). The monoisotopic (exact) mass is 1480 g/mol. The number of methoxy groups -OCH3 is 3. The van der Waals surface area contributed by atoms with Crippen LogP contribution in [0.1, 0.15) is 128 Å². The molecule has 0 bridgehead atoms. The van der Waals surface area contributed by atoms with Crippen molar-refractivity contribution in [2.24, 2.45) is 0 Å². The first-order chi connectivity index (χ1) is 38.9. The van der Waals surface area contributed by atoms with Crippen molar-refractivity contribution in [3.63, 3.8) is 0 Å². The van der Waals surface area contributed by atoms with Gasteiger partial charge in [0.25, 0.3) is 0 Å². The molecule has 5 aromatic rings. The van der Waals surface area contributed by atoms with E-state index in [2.05, 4.69) is 47.3 Å². The second-order valence-corrected chi connectivity index (χ2v) is 25.6. The van der Waals surface area contributed by atoms with Gasteiger partial charge in [-0.25, -0.2) is 0 Å². The van der Waals surface area contributed by atoms with Crippen LogP contribution in [0.15, 0.2) is 103 Å². The number of rotatable bonds is 3. The number of hydrogen-bond donors (Lipinski definition) is 3. The largest absolute Gasteiger partial charge is 0.508 e. The average Bonchev–Trinajstić information content (AvgIpc) is 1.76. The number of alkyl halides is 14. The van der Waals surface area contributed by atoms with Gasteiger partial charge in [-0.1, -0.05) is 103 Å². The molecule has 1 saturated heterocycles. The van der Waals surface area contributed by atoms with Crippen LogP contribution in [0.25, 0.3) is 11.1 Å². The van der Waals surface area contributed by atoms with E-state index in [0.29, 0.717) is 46.6 Å². The molecule has 2 unspecified atom stereocenters. The van der Waals surface area contributed by atoms with Crippen molar-refractivity contribution in [2.75, 3.05) is 39.9 Å². The highest BCUT2D eigenvalue weighted by Gasteiger charge is 2.58. The van der Waals surface area contributed by atoms with Crippen molar-refractivity contribution in [1.29, 1.82) is 0 Å². The van der Waals surface area contributed by atoms with Gasteiger partial charge < -0.3 is 34.3 Å². The van der Waals surface area contributed by atoms with E-state index in [9.17, 15) is 72.8 Å². The molecule has 1 fully saturated rings. The summed E-state index contributed by atoms with van der Waals surface area (Å²) in [6.07, 6.45) is -10.5. The Hall–Kier alpha value is -4.59. The highest BCUT2D eigenvalue weighted by Crippen LogP contribution is 2.51. The summed E-state index contributed by atoms with van der Waals surface area (Å²) in [4.78, 5) is 11.3. The van der Waals surface area contributed by atoms with Crippen LogP contribution in [0.3, 0.4) is 0 Å². The summed E-state index contributed by atoms with van der Waals surface area (Å²) in [5, 5.41) is 28.6. The zero-order valence-electron chi connectivity index (χ0n) is 44.5. The third kappa shape index (κ3) is 22.4. The number of aromatic hydroxyl groups is 2. The van der Waals surface area contributed by atoms with Crippen molar-refractivity contribution >= 4 is 90.6 Å². The SMILES string of the molecule is BrB(Br)Br.C.C.C.C.C1CCOC1.COc1cccc2c1CC=C2C(F)(F)F.COc1cccc2c1CCC2(O)C(F)(F)F.COc1cccc2c1CCC2=O.ClCCl.Oc1cccc2c1CC=C2C(F)(F)F.Oc1cccc2c1CCC2C(F)(F)F. The van der Waals surface area contributed by atoms with Gasteiger partial charge in [-0.2, -0.15) is 52.7 Å². The Balaban J connectivity index is 0.00000100. The molecule has 1 heterocycles. The summed E-state index contributed by atoms with van der Waals surface area (Å²) in [5.41, 5.74) is 0.346. The molecular formula is C61H72BBr3Cl2F12O8. The maximum Gasteiger partial charge on any atom is 0.421 e. The summed E-state index contributed by atoms with van der Waals surface area (Å²) < 4.78 is 171. The Morgan fingerprint density at radius 1 is 0.575 bits per heavy atom. The van der Waals surface area contributed by atoms with Gasteiger partial charge in [0.1, 0.15) is 28.7 Å². The lowest BCUT2D eigenvalue weighted by molar-refractivity contribution is -0.265. The molecule has 6 aliphatic rings. The fraction of sp³-hybridized carbons (Fsp3) is 0.426. The average molecular weight is 1480 g/mol. The smallest absolute Gasteiger partial charge is 0.421 e. The van der Waals surface area contributed by atoms with E-state index in [1.807, 2.05) is 18.2 Å². The van der Waals surface area contributed by atoms with Gasteiger partial charge in [0.2, 0.25) is 0 Å². The fourth-order valence-corrected chi connectivity index (χ4v) is 9.70. The number of hydrogen-bond acceptors (Lipinski definition) is 8. The first-order valence-electron chi connectivity index (χ1n) is 25.1. The van der Waals surface area contributed by atoms with Gasteiger partial charge >= 0.3 is 27.9 Å². The topological polar surface area (TPSA) is 115 Å². The molecule has 87 heavy (non-hydrogen) atoms. The quantitative estimate of drug-likeness (QED) is 0.0930. The van der Waals surface area contributed by atoms with E-state index in [1.165, 1.54) is 87.7 Å². The molecule has 5 aromatic carbocycles. The van der Waals surface area contributed by atoms with Gasteiger partial charge in [-0.15, -0.1) is 70.5 Å². The molecule has 0 aromatic heterocycles. The lowest BCUT2D eigenvalue weighted by Crippen LogP contribution is -2.40. The molecule has 0 spiro atoms. The summed E-state index contributed by atoms with van der Waals surface area (Å²) in [5.74, 6) is 0.514. The molecule has 486 valence electrons.